The first-order valence-electron chi connectivity index (χ1n) is 6.52. The third-order valence-corrected chi connectivity index (χ3v) is 3.10. The Morgan fingerprint density at radius 1 is 0.950 bits per heavy atom. The van der Waals surface area contributed by atoms with Crippen LogP contribution in [0.15, 0.2) is 69.9 Å². The largest absolute Gasteiger partial charge is 0.486 e. The molecule has 1 aromatic heterocycles. The molecule has 0 N–H and O–H groups in total. The van der Waals surface area contributed by atoms with Gasteiger partial charge in [0.2, 0.25) is 5.75 Å². The van der Waals surface area contributed by atoms with Crippen LogP contribution >= 0.6 is 0 Å². The van der Waals surface area contributed by atoms with Crippen molar-refractivity contribution in [3.63, 3.8) is 0 Å². The highest BCUT2D eigenvalue weighted by atomic mass is 16.5. The number of ether oxygens (including phenoxy) is 1. The van der Waals surface area contributed by atoms with Gasteiger partial charge >= 0.3 is 5.63 Å². The summed E-state index contributed by atoms with van der Waals surface area (Å²) >= 11 is 0. The predicted octanol–water partition coefficient (Wildman–Crippen LogP) is 3.41. The van der Waals surface area contributed by atoms with Gasteiger partial charge in [-0.15, -0.1) is 0 Å². The second kappa shape index (κ2) is 5.61. The Labute approximate surface area is 116 Å². The average molecular weight is 266 g/mol. The van der Waals surface area contributed by atoms with Crippen LogP contribution in [0.1, 0.15) is 5.56 Å². The summed E-state index contributed by atoms with van der Waals surface area (Å²) in [4.78, 5) is 11.8. The third kappa shape index (κ3) is 2.72. The average Bonchev–Trinajstić information content (AvgIpc) is 2.49. The van der Waals surface area contributed by atoms with Gasteiger partial charge in [0.25, 0.3) is 0 Å². The molecule has 0 unspecified atom stereocenters. The summed E-state index contributed by atoms with van der Waals surface area (Å²) in [6.45, 7) is 0.452. The topological polar surface area (TPSA) is 39.4 Å². The van der Waals surface area contributed by atoms with Crippen LogP contribution in [0, 0.1) is 0 Å². The van der Waals surface area contributed by atoms with Crippen molar-refractivity contribution < 1.29 is 9.15 Å². The van der Waals surface area contributed by atoms with E-state index in [1.807, 2.05) is 48.5 Å². The van der Waals surface area contributed by atoms with Gasteiger partial charge in [-0.05, 0) is 17.7 Å². The summed E-state index contributed by atoms with van der Waals surface area (Å²) < 4.78 is 10.8. The lowest BCUT2D eigenvalue weighted by molar-refractivity contribution is 0.306. The fourth-order valence-corrected chi connectivity index (χ4v) is 2.07. The molecule has 0 bridgehead atoms. The molecule has 0 aliphatic heterocycles. The zero-order valence-electron chi connectivity index (χ0n) is 10.9. The van der Waals surface area contributed by atoms with Crippen LogP contribution in [-0.4, -0.2) is 6.61 Å². The minimum atomic E-state index is -0.434. The Bertz CT molecular complexity index is 760. The normalized spacial score (nSPS) is 10.6. The molecule has 3 heteroatoms. The predicted molar refractivity (Wildman–Crippen MR) is 78.1 cm³/mol. The van der Waals surface area contributed by atoms with Crippen molar-refractivity contribution in [1.29, 1.82) is 0 Å². The Hall–Kier alpha value is -2.55. The molecule has 20 heavy (non-hydrogen) atoms. The van der Waals surface area contributed by atoms with E-state index in [0.717, 1.165) is 11.8 Å². The number of benzene rings is 2. The minimum absolute atomic E-state index is 0.264. The summed E-state index contributed by atoms with van der Waals surface area (Å²) in [7, 11) is 0. The third-order valence-electron chi connectivity index (χ3n) is 3.10. The van der Waals surface area contributed by atoms with E-state index in [2.05, 4.69) is 0 Å². The molecule has 0 aliphatic rings. The van der Waals surface area contributed by atoms with Crippen LogP contribution in [0.3, 0.4) is 0 Å². The molecule has 0 atom stereocenters. The fourth-order valence-electron chi connectivity index (χ4n) is 2.07. The highest BCUT2D eigenvalue weighted by Crippen LogP contribution is 2.16. The zero-order valence-corrected chi connectivity index (χ0v) is 10.9. The Morgan fingerprint density at radius 3 is 2.55 bits per heavy atom. The number of hydrogen-bond acceptors (Lipinski definition) is 3. The van der Waals surface area contributed by atoms with Gasteiger partial charge in [0.1, 0.15) is 5.58 Å². The van der Waals surface area contributed by atoms with Crippen molar-refractivity contribution in [3.8, 4) is 5.75 Å². The van der Waals surface area contributed by atoms with E-state index in [1.165, 1.54) is 5.56 Å². The fraction of sp³-hybridized carbons (Fsp3) is 0.118. The lowest BCUT2D eigenvalue weighted by Gasteiger charge is -2.05. The van der Waals surface area contributed by atoms with E-state index in [4.69, 9.17) is 9.15 Å². The Morgan fingerprint density at radius 2 is 1.70 bits per heavy atom. The number of para-hydroxylation sites is 1. The lowest BCUT2D eigenvalue weighted by atomic mass is 10.2. The Balaban J connectivity index is 1.74. The highest BCUT2D eigenvalue weighted by molar-refractivity contribution is 5.77. The van der Waals surface area contributed by atoms with Crippen LogP contribution in [0.25, 0.3) is 11.0 Å². The van der Waals surface area contributed by atoms with E-state index in [-0.39, 0.29) is 5.75 Å². The van der Waals surface area contributed by atoms with Crippen molar-refractivity contribution in [1.82, 2.24) is 0 Å². The van der Waals surface area contributed by atoms with E-state index in [0.29, 0.717) is 12.2 Å². The standard InChI is InChI=1S/C17H14O3/c18-17-16(12-14-8-4-5-9-15(14)20-17)19-11-10-13-6-2-1-3-7-13/h1-9,12H,10-11H2. The molecule has 3 nitrogen and oxygen atoms in total. The molecule has 0 fully saturated rings. The molecule has 3 aromatic rings. The molecule has 0 spiro atoms. The SMILES string of the molecule is O=c1oc2ccccc2cc1OCCc1ccccc1. The maximum Gasteiger partial charge on any atom is 0.379 e. The van der Waals surface area contributed by atoms with Crippen molar-refractivity contribution in [3.05, 3.63) is 76.6 Å². The molecule has 0 aliphatic carbocycles. The van der Waals surface area contributed by atoms with Crippen LogP contribution in [0.4, 0.5) is 0 Å². The first-order chi connectivity index (χ1) is 9.83. The van der Waals surface area contributed by atoms with Gasteiger partial charge in [0.15, 0.2) is 0 Å². The monoisotopic (exact) mass is 266 g/mol. The van der Waals surface area contributed by atoms with E-state index in [9.17, 15) is 4.79 Å². The Kier molecular flexibility index (Phi) is 3.50. The van der Waals surface area contributed by atoms with E-state index in [1.54, 1.807) is 12.1 Å². The maximum absolute atomic E-state index is 11.8. The van der Waals surface area contributed by atoms with E-state index >= 15 is 0 Å². The van der Waals surface area contributed by atoms with Gasteiger partial charge in [0.05, 0.1) is 6.61 Å². The smallest absolute Gasteiger partial charge is 0.379 e. The molecular formula is C17H14O3. The molecule has 0 saturated carbocycles. The van der Waals surface area contributed by atoms with Crippen molar-refractivity contribution >= 4 is 11.0 Å². The number of fused-ring (bicyclic) bond motifs is 1. The van der Waals surface area contributed by atoms with Gasteiger partial charge in [-0.2, -0.15) is 0 Å². The second-order valence-electron chi connectivity index (χ2n) is 4.52. The summed E-state index contributed by atoms with van der Waals surface area (Å²) in [5.74, 6) is 0.264. The van der Waals surface area contributed by atoms with Gasteiger partial charge in [-0.1, -0.05) is 48.5 Å². The van der Waals surface area contributed by atoms with Gasteiger partial charge in [0, 0.05) is 11.8 Å². The number of rotatable bonds is 4. The molecular weight excluding hydrogens is 252 g/mol. The van der Waals surface area contributed by atoms with Gasteiger partial charge in [-0.25, -0.2) is 4.79 Å². The van der Waals surface area contributed by atoms with Crippen LogP contribution < -0.4 is 10.4 Å². The summed E-state index contributed by atoms with van der Waals surface area (Å²) in [6.07, 6.45) is 0.757. The van der Waals surface area contributed by atoms with Crippen molar-refractivity contribution in [2.24, 2.45) is 0 Å². The zero-order chi connectivity index (χ0) is 13.8. The minimum Gasteiger partial charge on any atom is -0.486 e. The molecule has 0 radical (unpaired) electrons. The second-order valence-corrected chi connectivity index (χ2v) is 4.52. The van der Waals surface area contributed by atoms with Crippen LogP contribution in [-0.2, 0) is 6.42 Å². The summed E-state index contributed by atoms with van der Waals surface area (Å²) in [5.41, 5.74) is 1.32. The van der Waals surface area contributed by atoms with Crippen molar-refractivity contribution in [2.45, 2.75) is 6.42 Å². The maximum atomic E-state index is 11.8. The van der Waals surface area contributed by atoms with Crippen LogP contribution in [0.5, 0.6) is 5.75 Å². The van der Waals surface area contributed by atoms with Gasteiger partial charge in [-0.3, -0.25) is 0 Å². The van der Waals surface area contributed by atoms with Gasteiger partial charge < -0.3 is 9.15 Å². The van der Waals surface area contributed by atoms with E-state index < -0.39 is 5.63 Å². The quantitative estimate of drug-likeness (QED) is 0.679. The highest BCUT2D eigenvalue weighted by Gasteiger charge is 2.05. The molecule has 100 valence electrons. The lowest BCUT2D eigenvalue weighted by Crippen LogP contribution is -2.09. The molecule has 2 aromatic carbocycles. The molecule has 3 rings (SSSR count). The summed E-state index contributed by atoms with van der Waals surface area (Å²) in [6, 6.07) is 19.1. The first kappa shape index (κ1) is 12.5. The molecule has 0 saturated heterocycles. The molecule has 1 heterocycles. The number of hydrogen-bond donors (Lipinski definition) is 0. The van der Waals surface area contributed by atoms with Crippen molar-refractivity contribution in [2.75, 3.05) is 6.61 Å². The first-order valence-corrected chi connectivity index (χ1v) is 6.52. The molecule has 0 amide bonds. The van der Waals surface area contributed by atoms with Crippen LogP contribution in [0.2, 0.25) is 0 Å². The summed E-state index contributed by atoms with van der Waals surface area (Å²) in [5, 5.41) is 0.863.